The van der Waals surface area contributed by atoms with Crippen molar-refractivity contribution in [2.45, 2.75) is 25.0 Å². The molecule has 3 aromatic rings. The van der Waals surface area contributed by atoms with Crippen molar-refractivity contribution in [3.05, 3.63) is 60.0 Å². The summed E-state index contributed by atoms with van der Waals surface area (Å²) in [6.45, 7) is 0.552. The van der Waals surface area contributed by atoms with Gasteiger partial charge in [0.2, 0.25) is 5.95 Å². The molecule has 0 radical (unpaired) electrons. The highest BCUT2D eigenvalue weighted by atomic mass is 19.1. The quantitative estimate of drug-likeness (QED) is 0.423. The zero-order chi connectivity index (χ0) is 24.6. The highest BCUT2D eigenvalue weighted by Crippen LogP contribution is 2.29. The summed E-state index contributed by atoms with van der Waals surface area (Å²) in [7, 11) is 0. The fraction of sp³-hybridized carbons (Fsp3) is 0.320. The molecule has 0 spiro atoms. The van der Waals surface area contributed by atoms with E-state index in [9.17, 15) is 14.8 Å². The third-order valence-corrected chi connectivity index (χ3v) is 5.34. The Kier molecular flexibility index (Phi) is 8.05. The Morgan fingerprint density at radius 2 is 2.00 bits per heavy atom. The number of ether oxygens (including phenoxy) is 3. The number of aromatic nitrogens is 2. The number of aliphatic hydroxyl groups excluding tert-OH is 2. The molecule has 1 fully saturated rings. The molecule has 1 saturated heterocycles. The first-order chi connectivity index (χ1) is 17.1. The van der Waals surface area contributed by atoms with Gasteiger partial charge in [0, 0.05) is 36.4 Å². The van der Waals surface area contributed by atoms with Crippen LogP contribution in [0.5, 0.6) is 11.5 Å². The second-order valence-corrected chi connectivity index (χ2v) is 7.94. The van der Waals surface area contributed by atoms with Crippen molar-refractivity contribution in [3.8, 4) is 28.8 Å². The maximum atomic E-state index is 14.0. The van der Waals surface area contributed by atoms with Crippen LogP contribution < -0.4 is 14.8 Å². The lowest BCUT2D eigenvalue weighted by Crippen LogP contribution is -2.26. The SMILES string of the molecule is N#Cc1cc(-c2ccnc(Nc3ccc(F)c(OCC(O)CO)c3)n2)ccc1OC1CCOCC1. The van der Waals surface area contributed by atoms with Gasteiger partial charge in [-0.3, -0.25) is 0 Å². The van der Waals surface area contributed by atoms with E-state index in [0.717, 1.165) is 12.8 Å². The lowest BCUT2D eigenvalue weighted by Gasteiger charge is -2.23. The Morgan fingerprint density at radius 3 is 2.77 bits per heavy atom. The van der Waals surface area contributed by atoms with Gasteiger partial charge in [-0.1, -0.05) is 0 Å². The van der Waals surface area contributed by atoms with Crippen LogP contribution in [0.3, 0.4) is 0 Å². The fourth-order valence-corrected chi connectivity index (χ4v) is 3.49. The zero-order valence-electron chi connectivity index (χ0n) is 18.9. The third-order valence-electron chi connectivity index (χ3n) is 5.34. The van der Waals surface area contributed by atoms with E-state index < -0.39 is 18.5 Å². The van der Waals surface area contributed by atoms with Crippen LogP contribution in [0.1, 0.15) is 18.4 Å². The molecule has 1 aromatic heterocycles. The van der Waals surface area contributed by atoms with E-state index in [1.807, 2.05) is 6.07 Å². The minimum Gasteiger partial charge on any atom is -0.489 e. The predicted molar refractivity (Wildman–Crippen MR) is 125 cm³/mol. The van der Waals surface area contributed by atoms with Crippen molar-refractivity contribution >= 4 is 11.6 Å². The van der Waals surface area contributed by atoms with Gasteiger partial charge in [-0.15, -0.1) is 0 Å². The molecule has 0 aliphatic carbocycles. The number of halogens is 1. The average molecular weight is 480 g/mol. The number of hydrogen-bond acceptors (Lipinski definition) is 9. The van der Waals surface area contributed by atoms with Crippen LogP contribution in [0, 0.1) is 17.1 Å². The minimum absolute atomic E-state index is 0.0213. The summed E-state index contributed by atoms with van der Waals surface area (Å²) >= 11 is 0. The summed E-state index contributed by atoms with van der Waals surface area (Å²) < 4.78 is 30.6. The molecule has 0 saturated carbocycles. The van der Waals surface area contributed by atoms with E-state index >= 15 is 0 Å². The number of nitrogens with one attached hydrogen (secondary N) is 1. The monoisotopic (exact) mass is 480 g/mol. The Labute approximate surface area is 201 Å². The third kappa shape index (κ3) is 6.42. The second-order valence-electron chi connectivity index (χ2n) is 7.94. The number of hydrogen-bond donors (Lipinski definition) is 3. The molecule has 2 aromatic carbocycles. The van der Waals surface area contributed by atoms with Gasteiger partial charge < -0.3 is 29.7 Å². The summed E-state index contributed by atoms with van der Waals surface area (Å²) in [5.74, 6) is 0.0945. The summed E-state index contributed by atoms with van der Waals surface area (Å²) in [5, 5.41) is 30.9. The lowest BCUT2D eigenvalue weighted by molar-refractivity contribution is 0.0254. The molecular formula is C25H25FN4O5. The molecule has 0 amide bonds. The van der Waals surface area contributed by atoms with E-state index in [-0.39, 0.29) is 24.4 Å². The van der Waals surface area contributed by atoms with Crippen LogP contribution in [-0.2, 0) is 4.74 Å². The molecule has 2 heterocycles. The molecule has 0 bridgehead atoms. The van der Waals surface area contributed by atoms with Gasteiger partial charge >= 0.3 is 0 Å². The smallest absolute Gasteiger partial charge is 0.227 e. The Morgan fingerprint density at radius 1 is 1.17 bits per heavy atom. The molecule has 3 N–H and O–H groups in total. The van der Waals surface area contributed by atoms with E-state index in [1.54, 1.807) is 24.4 Å². The molecular weight excluding hydrogens is 455 g/mol. The largest absolute Gasteiger partial charge is 0.489 e. The second kappa shape index (κ2) is 11.6. The molecule has 1 atom stereocenters. The summed E-state index contributed by atoms with van der Waals surface area (Å²) in [4.78, 5) is 8.71. The normalized spacial score (nSPS) is 14.7. The molecule has 182 valence electrons. The number of benzene rings is 2. The molecule has 9 nitrogen and oxygen atoms in total. The zero-order valence-corrected chi connectivity index (χ0v) is 18.9. The van der Waals surface area contributed by atoms with Crippen LogP contribution in [0.25, 0.3) is 11.3 Å². The predicted octanol–water partition coefficient (Wildman–Crippen LogP) is 3.19. The summed E-state index contributed by atoms with van der Waals surface area (Å²) in [6, 6.07) is 13.3. The van der Waals surface area contributed by atoms with E-state index in [2.05, 4.69) is 21.4 Å². The first-order valence-corrected chi connectivity index (χ1v) is 11.2. The van der Waals surface area contributed by atoms with Crippen molar-refractivity contribution in [2.75, 3.05) is 31.7 Å². The van der Waals surface area contributed by atoms with Crippen molar-refractivity contribution in [2.24, 2.45) is 0 Å². The Hall–Kier alpha value is -3.78. The maximum absolute atomic E-state index is 14.0. The van der Waals surface area contributed by atoms with Crippen molar-refractivity contribution in [1.29, 1.82) is 5.26 Å². The van der Waals surface area contributed by atoms with Gasteiger partial charge in [-0.05, 0) is 36.4 Å². The van der Waals surface area contributed by atoms with Crippen LogP contribution in [0.15, 0.2) is 48.7 Å². The molecule has 1 unspecified atom stereocenters. The van der Waals surface area contributed by atoms with Gasteiger partial charge in [0.05, 0.1) is 31.1 Å². The van der Waals surface area contributed by atoms with Crippen molar-refractivity contribution in [1.82, 2.24) is 9.97 Å². The number of nitrogens with zero attached hydrogens (tertiary/aromatic N) is 3. The number of aliphatic hydroxyl groups is 2. The van der Waals surface area contributed by atoms with E-state index in [1.165, 1.54) is 18.2 Å². The molecule has 10 heteroatoms. The van der Waals surface area contributed by atoms with Gasteiger partial charge in [-0.25, -0.2) is 14.4 Å². The van der Waals surface area contributed by atoms with Crippen molar-refractivity contribution < 1.29 is 28.8 Å². The fourth-order valence-electron chi connectivity index (χ4n) is 3.49. The van der Waals surface area contributed by atoms with E-state index in [4.69, 9.17) is 19.3 Å². The van der Waals surface area contributed by atoms with Crippen LogP contribution >= 0.6 is 0 Å². The van der Waals surface area contributed by atoms with Gasteiger partial charge in [0.1, 0.15) is 30.6 Å². The number of rotatable bonds is 9. The lowest BCUT2D eigenvalue weighted by atomic mass is 10.1. The summed E-state index contributed by atoms with van der Waals surface area (Å²) in [5.41, 5.74) is 2.18. The molecule has 4 rings (SSSR count). The number of anilines is 2. The molecule has 1 aliphatic heterocycles. The minimum atomic E-state index is -1.11. The standard InChI is InChI=1S/C25H25FN4O5/c26-21-3-2-18(12-24(21)34-15-19(32)14-31)29-25-28-8-5-22(30-25)16-1-4-23(17(11-16)13-27)35-20-6-9-33-10-7-20/h1-5,8,11-12,19-20,31-32H,6-7,9-10,14-15H2,(H,28,29,30). The average Bonchev–Trinajstić information content (AvgIpc) is 2.89. The van der Waals surface area contributed by atoms with Gasteiger partial charge in [0.15, 0.2) is 11.6 Å². The maximum Gasteiger partial charge on any atom is 0.227 e. The van der Waals surface area contributed by atoms with E-state index in [0.29, 0.717) is 41.5 Å². The highest BCUT2D eigenvalue weighted by Gasteiger charge is 2.18. The van der Waals surface area contributed by atoms with Crippen molar-refractivity contribution in [3.63, 3.8) is 0 Å². The Balaban J connectivity index is 1.50. The van der Waals surface area contributed by atoms with Gasteiger partial charge in [-0.2, -0.15) is 5.26 Å². The van der Waals surface area contributed by atoms with Gasteiger partial charge in [0.25, 0.3) is 0 Å². The Bertz CT molecular complexity index is 1200. The van der Waals surface area contributed by atoms with Crippen LogP contribution in [0.4, 0.5) is 16.0 Å². The van der Waals surface area contributed by atoms with Crippen LogP contribution in [0.2, 0.25) is 0 Å². The number of nitriles is 1. The molecule has 35 heavy (non-hydrogen) atoms. The highest BCUT2D eigenvalue weighted by molar-refractivity contribution is 5.66. The first kappa shape index (κ1) is 24.3. The topological polar surface area (TPSA) is 130 Å². The molecule has 1 aliphatic rings. The first-order valence-electron chi connectivity index (χ1n) is 11.2. The summed E-state index contributed by atoms with van der Waals surface area (Å²) in [6.07, 6.45) is 2.05. The van der Waals surface area contributed by atoms with Crippen LogP contribution in [-0.4, -0.2) is 58.8 Å².